The van der Waals surface area contributed by atoms with Gasteiger partial charge < -0.3 is 4.74 Å². The van der Waals surface area contributed by atoms with E-state index in [0.717, 1.165) is 11.1 Å². The lowest BCUT2D eigenvalue weighted by Gasteiger charge is -2.40. The van der Waals surface area contributed by atoms with Crippen LogP contribution in [-0.4, -0.2) is 44.6 Å². The normalized spacial score (nSPS) is 22.7. The average Bonchev–Trinajstić information content (AvgIpc) is 2.49. The molecule has 1 aromatic rings. The molecule has 1 aromatic carbocycles. The number of rotatable bonds is 5. The van der Waals surface area contributed by atoms with E-state index >= 15 is 0 Å². The molecule has 1 heterocycles. The summed E-state index contributed by atoms with van der Waals surface area (Å²) in [5.74, 6) is -0.295. The Morgan fingerprint density at radius 1 is 1.35 bits per heavy atom. The van der Waals surface area contributed by atoms with Gasteiger partial charge in [0.2, 0.25) is 10.0 Å². The lowest BCUT2D eigenvalue weighted by Crippen LogP contribution is -2.51. The maximum atomic E-state index is 12.7. The van der Waals surface area contributed by atoms with Gasteiger partial charge in [-0.05, 0) is 44.2 Å². The fourth-order valence-corrected chi connectivity index (χ4v) is 4.16. The quantitative estimate of drug-likeness (QED) is 0.771. The molecule has 23 heavy (non-hydrogen) atoms. The molecule has 0 aliphatic carbocycles. The molecule has 128 valence electrons. The molecule has 1 aliphatic rings. The second-order valence-electron chi connectivity index (χ2n) is 6.30. The van der Waals surface area contributed by atoms with Crippen molar-refractivity contribution in [3.8, 4) is 0 Å². The fraction of sp³-hybridized carbons (Fsp3) is 0.588. The number of ether oxygens (including phenoxy) is 1. The van der Waals surface area contributed by atoms with Crippen LogP contribution < -0.4 is 0 Å². The Bertz CT molecular complexity index is 671. The van der Waals surface area contributed by atoms with E-state index in [1.807, 2.05) is 31.2 Å². The smallest absolute Gasteiger partial charge is 0.313 e. The van der Waals surface area contributed by atoms with Gasteiger partial charge in [-0.1, -0.05) is 24.3 Å². The van der Waals surface area contributed by atoms with Gasteiger partial charge in [0.25, 0.3) is 0 Å². The van der Waals surface area contributed by atoms with Gasteiger partial charge in [0.05, 0.1) is 18.3 Å². The van der Waals surface area contributed by atoms with E-state index in [-0.39, 0.29) is 12.5 Å². The van der Waals surface area contributed by atoms with Gasteiger partial charge in [0, 0.05) is 13.1 Å². The summed E-state index contributed by atoms with van der Waals surface area (Å²) in [6.45, 7) is 4.74. The van der Waals surface area contributed by atoms with Gasteiger partial charge in [-0.25, -0.2) is 12.7 Å². The van der Waals surface area contributed by atoms with E-state index in [9.17, 15) is 13.2 Å². The zero-order valence-electron chi connectivity index (χ0n) is 14.0. The van der Waals surface area contributed by atoms with Crippen molar-refractivity contribution < 1.29 is 17.9 Å². The molecule has 6 heteroatoms. The van der Waals surface area contributed by atoms with Crippen molar-refractivity contribution in [2.75, 3.05) is 26.0 Å². The molecule has 0 amide bonds. The van der Waals surface area contributed by atoms with Crippen molar-refractivity contribution in [3.63, 3.8) is 0 Å². The molecule has 0 unspecified atom stereocenters. The monoisotopic (exact) mass is 339 g/mol. The predicted molar refractivity (Wildman–Crippen MR) is 89.6 cm³/mol. The van der Waals surface area contributed by atoms with Crippen LogP contribution in [0.25, 0.3) is 0 Å². The second-order valence-corrected chi connectivity index (χ2v) is 8.29. The molecule has 5 nitrogen and oxygen atoms in total. The Morgan fingerprint density at radius 3 is 2.65 bits per heavy atom. The number of hydrogen-bond acceptors (Lipinski definition) is 4. The summed E-state index contributed by atoms with van der Waals surface area (Å²) in [6, 6.07) is 7.90. The Labute approximate surface area is 138 Å². The Hall–Kier alpha value is -1.40. The minimum atomic E-state index is -3.32. The molecule has 0 saturated carbocycles. The zero-order valence-corrected chi connectivity index (χ0v) is 14.9. The number of nitrogens with zero attached hydrogens (tertiary/aromatic N) is 1. The maximum Gasteiger partial charge on any atom is 0.313 e. The third kappa shape index (κ3) is 4.12. The number of esters is 1. The number of benzene rings is 1. The highest BCUT2D eigenvalue weighted by atomic mass is 32.2. The molecule has 1 fully saturated rings. The van der Waals surface area contributed by atoms with Crippen molar-refractivity contribution in [2.24, 2.45) is 5.41 Å². The van der Waals surface area contributed by atoms with Gasteiger partial charge >= 0.3 is 5.97 Å². The molecule has 1 saturated heterocycles. The molecular weight excluding hydrogens is 314 g/mol. The van der Waals surface area contributed by atoms with Crippen molar-refractivity contribution in [1.29, 1.82) is 0 Å². The molecular formula is C17H25NO4S. The van der Waals surface area contributed by atoms with Crippen LogP contribution in [0.2, 0.25) is 0 Å². The lowest BCUT2D eigenvalue weighted by atomic mass is 9.75. The maximum absolute atomic E-state index is 12.7. The van der Waals surface area contributed by atoms with Crippen molar-refractivity contribution in [2.45, 2.75) is 33.1 Å². The topological polar surface area (TPSA) is 63.7 Å². The van der Waals surface area contributed by atoms with Gasteiger partial charge in [-0.3, -0.25) is 4.79 Å². The van der Waals surface area contributed by atoms with E-state index < -0.39 is 15.4 Å². The first-order valence-corrected chi connectivity index (χ1v) is 9.80. The highest BCUT2D eigenvalue weighted by molar-refractivity contribution is 7.88. The Balaban J connectivity index is 2.37. The number of piperidine rings is 1. The Kier molecular flexibility index (Phi) is 5.47. The van der Waals surface area contributed by atoms with Crippen LogP contribution in [-0.2, 0) is 26.0 Å². The number of carbonyl (C=O) groups is 1. The molecule has 0 bridgehead atoms. The zero-order chi connectivity index (χ0) is 17.1. The average molecular weight is 339 g/mol. The number of aryl methyl sites for hydroxylation is 1. The summed E-state index contributed by atoms with van der Waals surface area (Å²) >= 11 is 0. The van der Waals surface area contributed by atoms with Crippen LogP contribution in [0.5, 0.6) is 0 Å². The van der Waals surface area contributed by atoms with Crippen LogP contribution in [0.3, 0.4) is 0 Å². The largest absolute Gasteiger partial charge is 0.466 e. The van der Waals surface area contributed by atoms with Gasteiger partial charge in [-0.2, -0.15) is 0 Å². The summed E-state index contributed by atoms with van der Waals surface area (Å²) in [5, 5.41) is 0. The minimum Gasteiger partial charge on any atom is -0.466 e. The summed E-state index contributed by atoms with van der Waals surface area (Å²) in [7, 11) is -3.32. The van der Waals surface area contributed by atoms with E-state index in [0.29, 0.717) is 32.4 Å². The standard InChI is InChI=1S/C17H25NO4S/c1-4-22-16(19)17(12-15-9-6-5-8-14(15)2)10-7-11-18(13-17)23(3,20)21/h5-6,8-9H,4,7,10-13H2,1-3H3/t17-/m0/s1. The number of sulfonamides is 1. The SMILES string of the molecule is CCOC(=O)[C@]1(Cc2ccccc2C)CCCN(S(C)(=O)=O)C1. The fourth-order valence-electron chi connectivity index (χ4n) is 3.21. The van der Waals surface area contributed by atoms with Crippen molar-refractivity contribution in [3.05, 3.63) is 35.4 Å². The van der Waals surface area contributed by atoms with E-state index in [2.05, 4.69) is 0 Å². The van der Waals surface area contributed by atoms with Gasteiger partial charge in [-0.15, -0.1) is 0 Å². The molecule has 0 N–H and O–H groups in total. The third-order valence-corrected chi connectivity index (χ3v) is 5.76. The number of carbonyl (C=O) groups excluding carboxylic acids is 1. The third-order valence-electron chi connectivity index (χ3n) is 4.51. The minimum absolute atomic E-state index is 0.193. The summed E-state index contributed by atoms with van der Waals surface area (Å²) in [6.07, 6.45) is 3.01. The summed E-state index contributed by atoms with van der Waals surface area (Å²) in [5.41, 5.74) is 1.37. The van der Waals surface area contributed by atoms with Crippen LogP contribution in [0, 0.1) is 12.3 Å². The van der Waals surface area contributed by atoms with E-state index in [4.69, 9.17) is 4.74 Å². The highest BCUT2D eigenvalue weighted by Crippen LogP contribution is 2.36. The summed E-state index contributed by atoms with van der Waals surface area (Å²) < 4.78 is 30.6. The van der Waals surface area contributed by atoms with Gasteiger partial charge in [0.1, 0.15) is 0 Å². The second kappa shape index (κ2) is 7.01. The van der Waals surface area contributed by atoms with Gasteiger partial charge in [0.15, 0.2) is 0 Å². The first-order chi connectivity index (χ1) is 10.8. The molecule has 0 spiro atoms. The van der Waals surface area contributed by atoms with Crippen LogP contribution in [0.1, 0.15) is 30.9 Å². The molecule has 2 rings (SSSR count). The Morgan fingerprint density at radius 2 is 2.04 bits per heavy atom. The molecule has 1 atom stereocenters. The molecule has 1 aliphatic heterocycles. The van der Waals surface area contributed by atoms with Crippen molar-refractivity contribution in [1.82, 2.24) is 4.31 Å². The van der Waals surface area contributed by atoms with E-state index in [1.165, 1.54) is 10.6 Å². The van der Waals surface area contributed by atoms with Crippen LogP contribution in [0.15, 0.2) is 24.3 Å². The first-order valence-electron chi connectivity index (χ1n) is 7.95. The van der Waals surface area contributed by atoms with E-state index in [1.54, 1.807) is 6.92 Å². The van der Waals surface area contributed by atoms with Crippen LogP contribution >= 0.6 is 0 Å². The highest BCUT2D eigenvalue weighted by Gasteiger charge is 2.45. The molecule has 0 aromatic heterocycles. The van der Waals surface area contributed by atoms with Crippen molar-refractivity contribution >= 4 is 16.0 Å². The predicted octanol–water partition coefficient (Wildman–Crippen LogP) is 2.14. The first kappa shape index (κ1) is 17.9. The number of hydrogen-bond donors (Lipinski definition) is 0. The lowest BCUT2D eigenvalue weighted by molar-refractivity contribution is -0.157. The molecule has 0 radical (unpaired) electrons. The summed E-state index contributed by atoms with van der Waals surface area (Å²) in [4.78, 5) is 12.7. The van der Waals surface area contributed by atoms with Crippen LogP contribution in [0.4, 0.5) is 0 Å².